The highest BCUT2D eigenvalue weighted by atomic mass is 79.9. The highest BCUT2D eigenvalue weighted by Gasteiger charge is 2.19. The number of carbonyl (C=O) groups excluding carboxylic acids is 1. The molecule has 0 spiro atoms. The molecule has 1 heterocycles. The third-order valence-electron chi connectivity index (χ3n) is 3.88. The Bertz CT molecular complexity index is 1200. The highest BCUT2D eigenvalue weighted by molar-refractivity contribution is 9.10. The van der Waals surface area contributed by atoms with Crippen LogP contribution in [0.3, 0.4) is 0 Å². The van der Waals surface area contributed by atoms with Gasteiger partial charge in [0, 0.05) is 16.2 Å². The number of hydrogen-bond acceptors (Lipinski definition) is 6. The van der Waals surface area contributed by atoms with Gasteiger partial charge in [0.15, 0.2) is 5.58 Å². The number of carbonyl (C=O) groups is 1. The number of ether oxygens (including phenoxy) is 1. The number of esters is 1. The van der Waals surface area contributed by atoms with Gasteiger partial charge in [0.1, 0.15) is 6.54 Å². The van der Waals surface area contributed by atoms with Crippen molar-refractivity contribution in [3.63, 3.8) is 0 Å². The molecule has 0 unspecified atom stereocenters. The van der Waals surface area contributed by atoms with E-state index >= 15 is 0 Å². The fourth-order valence-electron chi connectivity index (χ4n) is 2.48. The molecular formula is C17H15BrN2O6S. The molecule has 0 saturated heterocycles. The van der Waals surface area contributed by atoms with Crippen LogP contribution in [0.1, 0.15) is 5.56 Å². The third-order valence-corrected chi connectivity index (χ3v) is 6.14. The molecule has 2 aromatic carbocycles. The third kappa shape index (κ3) is 3.91. The van der Waals surface area contributed by atoms with Crippen molar-refractivity contribution in [1.82, 2.24) is 4.57 Å². The van der Waals surface area contributed by atoms with E-state index in [0.717, 1.165) is 14.6 Å². The lowest BCUT2D eigenvalue weighted by Gasteiger charge is -2.09. The molecule has 0 saturated carbocycles. The number of oxazole rings is 1. The van der Waals surface area contributed by atoms with E-state index in [1.807, 2.05) is 6.92 Å². The zero-order valence-corrected chi connectivity index (χ0v) is 16.8. The molecule has 142 valence electrons. The number of fused-ring (bicyclic) bond motifs is 1. The summed E-state index contributed by atoms with van der Waals surface area (Å²) >= 11 is 3.36. The number of anilines is 1. The quantitative estimate of drug-likeness (QED) is 0.593. The number of hydrogen-bond donors (Lipinski definition) is 1. The van der Waals surface area contributed by atoms with Gasteiger partial charge in [0.05, 0.1) is 17.5 Å². The second-order valence-electron chi connectivity index (χ2n) is 5.73. The molecule has 8 nitrogen and oxygen atoms in total. The van der Waals surface area contributed by atoms with Gasteiger partial charge < -0.3 is 9.15 Å². The summed E-state index contributed by atoms with van der Waals surface area (Å²) in [5.41, 5.74) is 1.62. The average molecular weight is 455 g/mol. The van der Waals surface area contributed by atoms with Crippen molar-refractivity contribution in [3.05, 3.63) is 57.0 Å². The van der Waals surface area contributed by atoms with Gasteiger partial charge >= 0.3 is 11.7 Å². The summed E-state index contributed by atoms with van der Waals surface area (Å²) in [6.07, 6.45) is 0. The summed E-state index contributed by atoms with van der Waals surface area (Å²) in [5, 5.41) is 0. The molecule has 3 aromatic rings. The number of methoxy groups -OCH3 is 1. The lowest BCUT2D eigenvalue weighted by molar-refractivity contribution is -0.141. The van der Waals surface area contributed by atoms with Crippen LogP contribution in [-0.2, 0) is 26.1 Å². The van der Waals surface area contributed by atoms with Crippen molar-refractivity contribution in [2.45, 2.75) is 18.4 Å². The van der Waals surface area contributed by atoms with E-state index in [0.29, 0.717) is 11.2 Å². The van der Waals surface area contributed by atoms with Crippen molar-refractivity contribution in [2.24, 2.45) is 0 Å². The molecule has 1 N–H and O–H groups in total. The van der Waals surface area contributed by atoms with Gasteiger partial charge in [0.2, 0.25) is 0 Å². The molecule has 3 rings (SSSR count). The Morgan fingerprint density at radius 2 is 2.00 bits per heavy atom. The van der Waals surface area contributed by atoms with Gasteiger partial charge in [-0.1, -0.05) is 15.9 Å². The number of aryl methyl sites for hydroxylation is 1. The van der Waals surface area contributed by atoms with E-state index in [9.17, 15) is 18.0 Å². The predicted molar refractivity (Wildman–Crippen MR) is 102 cm³/mol. The molecular weight excluding hydrogens is 440 g/mol. The van der Waals surface area contributed by atoms with Crippen LogP contribution < -0.4 is 10.5 Å². The first-order valence-corrected chi connectivity index (χ1v) is 9.98. The maximum atomic E-state index is 12.6. The molecule has 27 heavy (non-hydrogen) atoms. The summed E-state index contributed by atoms with van der Waals surface area (Å²) in [7, 11) is -2.69. The maximum Gasteiger partial charge on any atom is 0.420 e. The smallest absolute Gasteiger partial charge is 0.420 e. The number of halogens is 1. The first kappa shape index (κ1) is 19.2. The number of aromatic nitrogens is 1. The molecule has 0 amide bonds. The number of rotatable bonds is 5. The lowest BCUT2D eigenvalue weighted by Crippen LogP contribution is -2.20. The predicted octanol–water partition coefficient (Wildman–Crippen LogP) is 2.64. The first-order chi connectivity index (χ1) is 12.7. The van der Waals surface area contributed by atoms with E-state index in [2.05, 4.69) is 25.4 Å². The average Bonchev–Trinajstić information content (AvgIpc) is 2.92. The first-order valence-electron chi connectivity index (χ1n) is 7.70. The van der Waals surface area contributed by atoms with Crippen molar-refractivity contribution >= 4 is 48.7 Å². The van der Waals surface area contributed by atoms with Crippen LogP contribution >= 0.6 is 15.9 Å². The van der Waals surface area contributed by atoms with Crippen LogP contribution in [0, 0.1) is 6.92 Å². The number of benzene rings is 2. The monoisotopic (exact) mass is 454 g/mol. The Kier molecular flexibility index (Phi) is 5.11. The summed E-state index contributed by atoms with van der Waals surface area (Å²) < 4.78 is 39.3. The number of nitrogens with zero attached hydrogens (tertiary/aromatic N) is 1. The molecule has 1 aromatic heterocycles. The topological polar surface area (TPSA) is 108 Å². The number of sulfonamides is 1. The molecule has 0 aliphatic rings. The summed E-state index contributed by atoms with van der Waals surface area (Å²) in [6.45, 7) is 1.51. The van der Waals surface area contributed by atoms with Crippen LogP contribution in [0.4, 0.5) is 5.69 Å². The van der Waals surface area contributed by atoms with Gasteiger partial charge in [-0.3, -0.25) is 14.1 Å². The van der Waals surface area contributed by atoms with Crippen LogP contribution in [0.2, 0.25) is 0 Å². The molecule has 0 atom stereocenters. The van der Waals surface area contributed by atoms with E-state index in [4.69, 9.17) is 4.42 Å². The Morgan fingerprint density at radius 3 is 2.67 bits per heavy atom. The molecule has 10 heteroatoms. The Hall–Kier alpha value is -2.59. The Balaban J connectivity index is 1.97. The SMILES string of the molecule is COC(=O)Cn1c(=O)oc2cc(S(=O)(=O)Nc3ccc(Br)c(C)c3)ccc21. The van der Waals surface area contributed by atoms with Gasteiger partial charge in [0.25, 0.3) is 10.0 Å². The van der Waals surface area contributed by atoms with E-state index in [1.165, 1.54) is 25.3 Å². The van der Waals surface area contributed by atoms with Crippen molar-refractivity contribution < 1.29 is 22.4 Å². The molecule has 0 aliphatic heterocycles. The molecule has 0 radical (unpaired) electrons. The van der Waals surface area contributed by atoms with E-state index in [-0.39, 0.29) is 17.0 Å². The standard InChI is InChI=1S/C17H15BrN2O6S/c1-10-7-11(3-5-13(10)18)19-27(23,24)12-4-6-14-15(8-12)26-17(22)20(14)9-16(21)25-2/h3-8,19H,9H2,1-2H3. The summed E-state index contributed by atoms with van der Waals surface area (Å²) in [6, 6.07) is 9.03. The van der Waals surface area contributed by atoms with Gasteiger partial charge in [-0.15, -0.1) is 0 Å². The van der Waals surface area contributed by atoms with Crippen LogP contribution in [0.5, 0.6) is 0 Å². The Labute approximate surface area is 162 Å². The van der Waals surface area contributed by atoms with Gasteiger partial charge in [-0.2, -0.15) is 0 Å². The normalized spacial score (nSPS) is 11.5. The van der Waals surface area contributed by atoms with E-state index < -0.39 is 21.7 Å². The fourth-order valence-corrected chi connectivity index (χ4v) is 3.79. The van der Waals surface area contributed by atoms with Crippen molar-refractivity contribution in [2.75, 3.05) is 11.8 Å². The second kappa shape index (κ2) is 7.20. The van der Waals surface area contributed by atoms with Crippen LogP contribution in [0.25, 0.3) is 11.1 Å². The highest BCUT2D eigenvalue weighted by Crippen LogP contribution is 2.24. The molecule has 0 aliphatic carbocycles. The zero-order chi connectivity index (χ0) is 19.8. The minimum Gasteiger partial charge on any atom is -0.468 e. The summed E-state index contributed by atoms with van der Waals surface area (Å²) in [4.78, 5) is 23.3. The maximum absolute atomic E-state index is 12.6. The summed E-state index contributed by atoms with van der Waals surface area (Å²) in [5.74, 6) is -1.40. The van der Waals surface area contributed by atoms with Gasteiger partial charge in [-0.05, 0) is 42.8 Å². The van der Waals surface area contributed by atoms with Crippen molar-refractivity contribution in [1.29, 1.82) is 0 Å². The lowest BCUT2D eigenvalue weighted by atomic mass is 10.2. The molecule has 0 bridgehead atoms. The Morgan fingerprint density at radius 1 is 1.26 bits per heavy atom. The second-order valence-corrected chi connectivity index (χ2v) is 8.27. The molecule has 0 fully saturated rings. The van der Waals surface area contributed by atoms with Gasteiger partial charge in [-0.25, -0.2) is 13.2 Å². The minimum atomic E-state index is -3.89. The largest absolute Gasteiger partial charge is 0.468 e. The van der Waals surface area contributed by atoms with Crippen LogP contribution in [-0.4, -0.2) is 26.1 Å². The fraction of sp³-hybridized carbons (Fsp3) is 0.176. The zero-order valence-electron chi connectivity index (χ0n) is 14.4. The van der Waals surface area contributed by atoms with E-state index in [1.54, 1.807) is 18.2 Å². The van der Waals surface area contributed by atoms with Crippen LogP contribution in [0.15, 0.2) is 55.0 Å². The van der Waals surface area contributed by atoms with Crippen molar-refractivity contribution in [3.8, 4) is 0 Å². The minimum absolute atomic E-state index is 0.0544. The number of nitrogens with one attached hydrogen (secondary N) is 1.